The van der Waals surface area contributed by atoms with Gasteiger partial charge in [-0.25, -0.2) is 0 Å². The molecule has 1 saturated heterocycles. The number of nitrogens with zero attached hydrogens (tertiary/aromatic N) is 1. The highest BCUT2D eigenvalue weighted by atomic mass is 19.4. The molecule has 26 heavy (non-hydrogen) atoms. The van der Waals surface area contributed by atoms with Crippen LogP contribution < -0.4 is 10.6 Å². The molecule has 2 rings (SSSR count). The minimum Gasteiger partial charge on any atom is -0.343 e. The Kier molecular flexibility index (Phi) is 7.02. The molecule has 0 bridgehead atoms. The summed E-state index contributed by atoms with van der Waals surface area (Å²) >= 11 is 0. The molecule has 8 heteroatoms. The molecule has 0 atom stereocenters. The predicted molar refractivity (Wildman–Crippen MR) is 91.6 cm³/mol. The first-order valence-electron chi connectivity index (χ1n) is 8.75. The number of halogens is 3. The fourth-order valence-corrected chi connectivity index (χ4v) is 3.03. The van der Waals surface area contributed by atoms with Crippen molar-refractivity contribution in [3.63, 3.8) is 0 Å². The van der Waals surface area contributed by atoms with Crippen molar-refractivity contribution in [1.82, 2.24) is 15.5 Å². The van der Waals surface area contributed by atoms with Gasteiger partial charge in [-0.1, -0.05) is 19.1 Å². The molecule has 2 N–H and O–H groups in total. The summed E-state index contributed by atoms with van der Waals surface area (Å²) in [4.78, 5) is 25.9. The molecule has 1 aliphatic rings. The lowest BCUT2D eigenvalue weighted by Gasteiger charge is -2.32. The van der Waals surface area contributed by atoms with Crippen LogP contribution in [0, 0.1) is 5.92 Å². The standard InChI is InChI=1S/C18H24F3N3O2/c1-2-22-11-13-7-9-24(10-8-13)16(25)12-23-17(26)14-5-3-4-6-15(14)18(19,20)21/h3-6,13,22H,2,7-12H2,1H3,(H,23,26). The molecule has 0 unspecified atom stereocenters. The van der Waals surface area contributed by atoms with Crippen LogP contribution in [0.4, 0.5) is 13.2 Å². The SMILES string of the molecule is CCNCC1CCN(C(=O)CNC(=O)c2ccccc2C(F)(F)F)CC1. The van der Waals surface area contributed by atoms with Crippen molar-refractivity contribution in [3.8, 4) is 0 Å². The van der Waals surface area contributed by atoms with Gasteiger partial charge in [0.25, 0.3) is 5.91 Å². The lowest BCUT2D eigenvalue weighted by atomic mass is 9.97. The molecule has 0 spiro atoms. The van der Waals surface area contributed by atoms with Gasteiger partial charge in [-0.05, 0) is 44.0 Å². The van der Waals surface area contributed by atoms with Crippen LogP contribution in [0.15, 0.2) is 24.3 Å². The number of amides is 2. The van der Waals surface area contributed by atoms with Gasteiger partial charge in [0.2, 0.25) is 5.91 Å². The fraction of sp³-hybridized carbons (Fsp3) is 0.556. The molecule has 1 aromatic carbocycles. The van der Waals surface area contributed by atoms with E-state index >= 15 is 0 Å². The molecule has 0 radical (unpaired) electrons. The second kappa shape index (κ2) is 9.02. The van der Waals surface area contributed by atoms with Gasteiger partial charge in [0.1, 0.15) is 0 Å². The van der Waals surface area contributed by atoms with E-state index in [2.05, 4.69) is 10.6 Å². The smallest absolute Gasteiger partial charge is 0.343 e. The summed E-state index contributed by atoms with van der Waals surface area (Å²) in [5, 5.41) is 5.60. The molecule has 0 saturated carbocycles. The lowest BCUT2D eigenvalue weighted by Crippen LogP contribution is -2.45. The van der Waals surface area contributed by atoms with Crippen molar-refractivity contribution < 1.29 is 22.8 Å². The zero-order chi connectivity index (χ0) is 19.2. The Balaban J connectivity index is 1.86. The molecule has 1 aromatic rings. The molecule has 144 valence electrons. The number of benzene rings is 1. The highest BCUT2D eigenvalue weighted by Gasteiger charge is 2.35. The lowest BCUT2D eigenvalue weighted by molar-refractivity contribution is -0.137. The van der Waals surface area contributed by atoms with Gasteiger partial charge < -0.3 is 15.5 Å². The predicted octanol–water partition coefficient (Wildman–Crippen LogP) is 2.28. The number of carbonyl (C=O) groups excluding carboxylic acids is 2. The zero-order valence-electron chi connectivity index (χ0n) is 14.7. The van der Waals surface area contributed by atoms with Crippen LogP contribution in [0.1, 0.15) is 35.7 Å². The van der Waals surface area contributed by atoms with Crippen LogP contribution in [0.2, 0.25) is 0 Å². The first-order chi connectivity index (χ1) is 12.3. The second-order valence-corrected chi connectivity index (χ2v) is 6.36. The Morgan fingerprint density at radius 1 is 1.19 bits per heavy atom. The van der Waals surface area contributed by atoms with Crippen LogP contribution in [0.3, 0.4) is 0 Å². The zero-order valence-corrected chi connectivity index (χ0v) is 14.7. The number of carbonyl (C=O) groups is 2. The summed E-state index contributed by atoms with van der Waals surface area (Å²) in [5.41, 5.74) is -1.48. The van der Waals surface area contributed by atoms with E-state index in [9.17, 15) is 22.8 Å². The maximum atomic E-state index is 13.0. The Morgan fingerprint density at radius 3 is 2.46 bits per heavy atom. The molecule has 1 aliphatic heterocycles. The summed E-state index contributed by atoms with van der Waals surface area (Å²) in [7, 11) is 0. The van der Waals surface area contributed by atoms with Crippen molar-refractivity contribution in [2.24, 2.45) is 5.92 Å². The van der Waals surface area contributed by atoms with E-state index < -0.39 is 23.2 Å². The Morgan fingerprint density at radius 2 is 1.85 bits per heavy atom. The van der Waals surface area contributed by atoms with Crippen LogP contribution >= 0.6 is 0 Å². The van der Waals surface area contributed by atoms with Crippen molar-refractivity contribution in [2.45, 2.75) is 25.9 Å². The summed E-state index contributed by atoms with van der Waals surface area (Å²) in [6.45, 7) is 4.77. The number of nitrogens with one attached hydrogen (secondary N) is 2. The summed E-state index contributed by atoms with van der Waals surface area (Å²) in [5.74, 6) is -0.648. The van der Waals surface area contributed by atoms with E-state index in [1.54, 1.807) is 4.90 Å². The van der Waals surface area contributed by atoms with Gasteiger partial charge in [-0.3, -0.25) is 9.59 Å². The maximum absolute atomic E-state index is 13.0. The average molecular weight is 371 g/mol. The number of likely N-dealkylation sites (tertiary alicyclic amines) is 1. The molecule has 1 fully saturated rings. The normalized spacial score (nSPS) is 15.8. The minimum absolute atomic E-state index is 0.273. The van der Waals surface area contributed by atoms with Gasteiger partial charge in [-0.15, -0.1) is 0 Å². The molecule has 1 heterocycles. The molecule has 0 aliphatic carbocycles. The Labute approximate surface area is 150 Å². The number of hydrogen-bond donors (Lipinski definition) is 2. The molecule has 0 aromatic heterocycles. The van der Waals surface area contributed by atoms with E-state index in [0.29, 0.717) is 19.0 Å². The quantitative estimate of drug-likeness (QED) is 0.807. The van der Waals surface area contributed by atoms with Crippen LogP contribution in [-0.4, -0.2) is 49.4 Å². The van der Waals surface area contributed by atoms with Crippen LogP contribution in [0.25, 0.3) is 0 Å². The van der Waals surface area contributed by atoms with Crippen molar-refractivity contribution >= 4 is 11.8 Å². The first kappa shape index (κ1) is 20.2. The Hall–Kier alpha value is -2.09. The third-order valence-corrected chi connectivity index (χ3v) is 4.53. The largest absolute Gasteiger partial charge is 0.417 e. The molecular weight excluding hydrogens is 347 g/mol. The van der Waals surface area contributed by atoms with Gasteiger partial charge in [0.05, 0.1) is 17.7 Å². The third kappa shape index (κ3) is 5.45. The monoisotopic (exact) mass is 371 g/mol. The topological polar surface area (TPSA) is 61.4 Å². The first-order valence-corrected chi connectivity index (χ1v) is 8.75. The highest BCUT2D eigenvalue weighted by Crippen LogP contribution is 2.31. The summed E-state index contributed by atoms with van der Waals surface area (Å²) in [6, 6.07) is 4.55. The third-order valence-electron chi connectivity index (χ3n) is 4.53. The van der Waals surface area contributed by atoms with E-state index in [0.717, 1.165) is 38.1 Å². The van der Waals surface area contributed by atoms with Crippen molar-refractivity contribution in [1.29, 1.82) is 0 Å². The summed E-state index contributed by atoms with van der Waals surface area (Å²) in [6.07, 6.45) is -2.86. The second-order valence-electron chi connectivity index (χ2n) is 6.36. The highest BCUT2D eigenvalue weighted by molar-refractivity contribution is 5.97. The van der Waals surface area contributed by atoms with E-state index in [4.69, 9.17) is 0 Å². The molecule has 5 nitrogen and oxygen atoms in total. The van der Waals surface area contributed by atoms with Gasteiger partial charge in [-0.2, -0.15) is 13.2 Å². The van der Waals surface area contributed by atoms with E-state index in [-0.39, 0.29) is 12.5 Å². The average Bonchev–Trinajstić information content (AvgIpc) is 2.64. The molecular formula is C18H24F3N3O2. The van der Waals surface area contributed by atoms with Gasteiger partial charge >= 0.3 is 6.18 Å². The van der Waals surface area contributed by atoms with Crippen molar-refractivity contribution in [2.75, 3.05) is 32.7 Å². The van der Waals surface area contributed by atoms with Crippen LogP contribution in [-0.2, 0) is 11.0 Å². The summed E-state index contributed by atoms with van der Waals surface area (Å²) < 4.78 is 38.9. The number of alkyl halides is 3. The van der Waals surface area contributed by atoms with Gasteiger partial charge in [0, 0.05) is 13.1 Å². The van der Waals surface area contributed by atoms with Gasteiger partial charge in [0.15, 0.2) is 0 Å². The van der Waals surface area contributed by atoms with Crippen molar-refractivity contribution in [3.05, 3.63) is 35.4 Å². The van der Waals surface area contributed by atoms with E-state index in [1.807, 2.05) is 6.92 Å². The Bertz CT molecular complexity index is 626. The number of piperidine rings is 1. The van der Waals surface area contributed by atoms with E-state index in [1.165, 1.54) is 12.1 Å². The number of hydrogen-bond acceptors (Lipinski definition) is 3. The maximum Gasteiger partial charge on any atom is 0.417 e. The fourth-order valence-electron chi connectivity index (χ4n) is 3.03. The minimum atomic E-state index is -4.62. The van der Waals surface area contributed by atoms with Crippen LogP contribution in [0.5, 0.6) is 0 Å². The number of rotatable bonds is 6. The molecule has 2 amide bonds.